The second-order valence-corrected chi connectivity index (χ2v) is 12.8. The van der Waals surface area contributed by atoms with Gasteiger partial charge < -0.3 is 20.1 Å². The molecule has 0 aromatic heterocycles. The lowest BCUT2D eigenvalue weighted by atomic mass is 10.0. The van der Waals surface area contributed by atoms with Crippen molar-refractivity contribution in [2.24, 2.45) is 0 Å². The average Bonchev–Trinajstić information content (AvgIpc) is 3.06. The summed E-state index contributed by atoms with van der Waals surface area (Å²) in [6.07, 6.45) is 12.8. The molecule has 2 atom stereocenters. The number of carbonyl (C=O) groups is 2. The van der Waals surface area contributed by atoms with Gasteiger partial charge in [-0.25, -0.2) is 0 Å². The summed E-state index contributed by atoms with van der Waals surface area (Å²) in [6.45, 7) is 11.5. The number of unbranched alkanes of at least 4 members (excludes halogenated alkanes) is 4. The van der Waals surface area contributed by atoms with Crippen LogP contribution in [0.3, 0.4) is 0 Å². The fourth-order valence-electron chi connectivity index (χ4n) is 6.33. The molecule has 2 aliphatic rings. The normalized spacial score (nSPS) is 19.2. The van der Waals surface area contributed by atoms with Crippen LogP contribution in [0.4, 0.5) is 0 Å². The van der Waals surface area contributed by atoms with E-state index in [9.17, 15) is 9.59 Å². The van der Waals surface area contributed by atoms with E-state index in [1.165, 1.54) is 38.5 Å². The molecule has 8 nitrogen and oxygen atoms in total. The Kier molecular flexibility index (Phi) is 15.0. The van der Waals surface area contributed by atoms with Gasteiger partial charge in [-0.3, -0.25) is 19.4 Å². The summed E-state index contributed by atoms with van der Waals surface area (Å²) in [5.74, 6) is 1.53. The number of carbonyl (C=O) groups excluding carboxylic acids is 2. The Balaban J connectivity index is 0.981. The topological polar surface area (TPSA) is 83.1 Å². The number of rotatable bonds is 18. The fourth-order valence-corrected chi connectivity index (χ4v) is 6.33. The molecule has 0 spiro atoms. The summed E-state index contributed by atoms with van der Waals surface area (Å²) in [7, 11) is 0. The summed E-state index contributed by atoms with van der Waals surface area (Å²) in [4.78, 5) is 30.0. The molecule has 0 bridgehead atoms. The van der Waals surface area contributed by atoms with E-state index in [2.05, 4.69) is 34.3 Å². The standard InChI is InChI=1S/C37H56N4O4/c1-30-12-6-10-24-40(30)26-28-44-34-18-14-32(15-19-34)36(42)38-22-8-4-3-5-9-23-39-37(43)33-16-20-35(21-17-33)45-29-27-41-25-11-7-13-31(41)2/h14-21,30-31H,3-13,22-29H2,1-2H3,(H,38,42)(H,39,43). The molecule has 248 valence electrons. The fraction of sp³-hybridized carbons (Fsp3) is 0.622. The van der Waals surface area contributed by atoms with Crippen molar-refractivity contribution in [1.29, 1.82) is 0 Å². The molecule has 2 amide bonds. The van der Waals surface area contributed by atoms with Crippen molar-refractivity contribution < 1.29 is 19.1 Å². The van der Waals surface area contributed by atoms with E-state index in [0.29, 0.717) is 49.5 Å². The van der Waals surface area contributed by atoms with Crippen molar-refractivity contribution in [1.82, 2.24) is 20.4 Å². The first-order valence-corrected chi connectivity index (χ1v) is 17.5. The molecular weight excluding hydrogens is 564 g/mol. The highest BCUT2D eigenvalue weighted by atomic mass is 16.5. The predicted octanol–water partition coefficient (Wildman–Crippen LogP) is 6.30. The van der Waals surface area contributed by atoms with E-state index >= 15 is 0 Å². The van der Waals surface area contributed by atoms with Crippen molar-refractivity contribution in [3.63, 3.8) is 0 Å². The molecule has 0 radical (unpaired) electrons. The third kappa shape index (κ3) is 12.3. The first-order valence-electron chi connectivity index (χ1n) is 17.5. The highest BCUT2D eigenvalue weighted by molar-refractivity contribution is 5.94. The van der Waals surface area contributed by atoms with E-state index in [1.54, 1.807) is 0 Å². The Bertz CT molecular complexity index is 1050. The lowest BCUT2D eigenvalue weighted by molar-refractivity contribution is 0.0945. The number of ether oxygens (including phenoxy) is 2. The number of benzene rings is 2. The smallest absolute Gasteiger partial charge is 0.251 e. The summed E-state index contributed by atoms with van der Waals surface area (Å²) in [6, 6.07) is 16.2. The van der Waals surface area contributed by atoms with Crippen LogP contribution in [-0.2, 0) is 0 Å². The van der Waals surface area contributed by atoms with Crippen LogP contribution in [-0.4, -0.2) is 86.2 Å². The second kappa shape index (κ2) is 19.4. The van der Waals surface area contributed by atoms with Crippen LogP contribution < -0.4 is 20.1 Å². The van der Waals surface area contributed by atoms with Crippen LogP contribution in [0, 0.1) is 0 Å². The number of nitrogens with one attached hydrogen (secondary N) is 2. The lowest BCUT2D eigenvalue weighted by Crippen LogP contribution is -2.39. The van der Waals surface area contributed by atoms with Gasteiger partial charge in [0.05, 0.1) is 0 Å². The Labute approximate surface area is 271 Å². The molecule has 2 unspecified atom stereocenters. The average molecular weight is 621 g/mol. The van der Waals surface area contributed by atoms with E-state index in [0.717, 1.165) is 69.8 Å². The van der Waals surface area contributed by atoms with Gasteiger partial charge in [-0.2, -0.15) is 0 Å². The lowest BCUT2D eigenvalue weighted by Gasteiger charge is -2.33. The molecule has 4 rings (SSSR count). The van der Waals surface area contributed by atoms with Crippen molar-refractivity contribution >= 4 is 11.8 Å². The van der Waals surface area contributed by atoms with Gasteiger partial charge >= 0.3 is 0 Å². The van der Waals surface area contributed by atoms with Crippen LogP contribution in [0.15, 0.2) is 48.5 Å². The second-order valence-electron chi connectivity index (χ2n) is 12.8. The Hall–Kier alpha value is -3.10. The van der Waals surface area contributed by atoms with Gasteiger partial charge in [-0.05, 0) is 114 Å². The summed E-state index contributed by atoms with van der Waals surface area (Å²) >= 11 is 0. The highest BCUT2D eigenvalue weighted by Crippen LogP contribution is 2.18. The minimum Gasteiger partial charge on any atom is -0.492 e. The quantitative estimate of drug-likeness (QED) is 0.190. The van der Waals surface area contributed by atoms with Gasteiger partial charge in [0.15, 0.2) is 0 Å². The maximum absolute atomic E-state index is 12.5. The Morgan fingerprint density at radius 3 is 1.42 bits per heavy atom. The number of nitrogens with zero attached hydrogens (tertiary/aromatic N) is 2. The molecule has 2 aromatic rings. The minimum absolute atomic E-state index is 0.0434. The number of likely N-dealkylation sites (tertiary alicyclic amines) is 2. The molecule has 8 heteroatoms. The largest absolute Gasteiger partial charge is 0.492 e. The SMILES string of the molecule is CC1CCCCN1CCOc1ccc(C(=O)NCCCCCCCNC(=O)c2ccc(OCCN3CCCCC3C)cc2)cc1. The van der Waals surface area contributed by atoms with Crippen LogP contribution in [0.25, 0.3) is 0 Å². The Morgan fingerprint density at radius 1 is 0.622 bits per heavy atom. The minimum atomic E-state index is -0.0434. The molecule has 0 aliphatic carbocycles. The molecule has 2 saturated heterocycles. The maximum Gasteiger partial charge on any atom is 0.251 e. The van der Waals surface area contributed by atoms with Gasteiger partial charge in [0, 0.05) is 49.4 Å². The van der Waals surface area contributed by atoms with E-state index in [-0.39, 0.29) is 11.8 Å². The third-order valence-corrected chi connectivity index (χ3v) is 9.33. The highest BCUT2D eigenvalue weighted by Gasteiger charge is 2.18. The summed E-state index contributed by atoms with van der Waals surface area (Å²) in [5, 5.41) is 6.04. The Morgan fingerprint density at radius 2 is 1.02 bits per heavy atom. The van der Waals surface area contributed by atoms with Crippen molar-refractivity contribution in [2.75, 3.05) is 52.5 Å². The molecule has 2 aliphatic heterocycles. The van der Waals surface area contributed by atoms with Gasteiger partial charge in [-0.15, -0.1) is 0 Å². The van der Waals surface area contributed by atoms with Crippen LogP contribution in [0.1, 0.15) is 105 Å². The van der Waals surface area contributed by atoms with E-state index in [1.807, 2.05) is 48.5 Å². The zero-order chi connectivity index (χ0) is 31.7. The zero-order valence-corrected chi connectivity index (χ0v) is 27.7. The van der Waals surface area contributed by atoms with Crippen LogP contribution in [0.5, 0.6) is 11.5 Å². The molecule has 2 N–H and O–H groups in total. The van der Waals surface area contributed by atoms with Crippen molar-refractivity contribution in [3.8, 4) is 11.5 Å². The predicted molar refractivity (Wildman–Crippen MR) is 181 cm³/mol. The van der Waals surface area contributed by atoms with Crippen molar-refractivity contribution in [3.05, 3.63) is 59.7 Å². The molecular formula is C37H56N4O4. The number of amides is 2. The molecule has 0 saturated carbocycles. The van der Waals surface area contributed by atoms with Crippen LogP contribution in [0.2, 0.25) is 0 Å². The maximum atomic E-state index is 12.5. The zero-order valence-electron chi connectivity index (χ0n) is 27.7. The molecule has 2 heterocycles. The number of hydrogen-bond acceptors (Lipinski definition) is 6. The first-order chi connectivity index (χ1) is 22.0. The third-order valence-electron chi connectivity index (χ3n) is 9.33. The molecule has 2 aromatic carbocycles. The van der Waals surface area contributed by atoms with Crippen molar-refractivity contribution in [2.45, 2.75) is 96.6 Å². The van der Waals surface area contributed by atoms with Crippen LogP contribution >= 0.6 is 0 Å². The molecule has 2 fully saturated rings. The van der Waals surface area contributed by atoms with E-state index in [4.69, 9.17) is 9.47 Å². The summed E-state index contributed by atoms with van der Waals surface area (Å²) < 4.78 is 11.8. The van der Waals surface area contributed by atoms with E-state index < -0.39 is 0 Å². The number of piperidine rings is 2. The summed E-state index contributed by atoms with van der Waals surface area (Å²) in [5.41, 5.74) is 1.32. The van der Waals surface area contributed by atoms with Gasteiger partial charge in [0.1, 0.15) is 24.7 Å². The monoisotopic (exact) mass is 620 g/mol. The van der Waals surface area contributed by atoms with Gasteiger partial charge in [-0.1, -0.05) is 32.1 Å². The van der Waals surface area contributed by atoms with Gasteiger partial charge in [0.25, 0.3) is 11.8 Å². The molecule has 45 heavy (non-hydrogen) atoms. The first kappa shape index (κ1) is 34.8. The van der Waals surface area contributed by atoms with Gasteiger partial charge in [0.2, 0.25) is 0 Å². The number of hydrogen-bond donors (Lipinski definition) is 2.